The molecule has 0 saturated carbocycles. The number of carbonyl (C=O) groups is 2. The molecule has 0 spiro atoms. The Labute approximate surface area is 144 Å². The van der Waals surface area contributed by atoms with Gasteiger partial charge in [-0.3, -0.25) is 9.59 Å². The molecule has 0 atom stereocenters. The van der Waals surface area contributed by atoms with E-state index in [9.17, 15) is 9.59 Å². The fourth-order valence-electron chi connectivity index (χ4n) is 2.39. The summed E-state index contributed by atoms with van der Waals surface area (Å²) >= 11 is 6.09. The molecule has 23 heavy (non-hydrogen) atoms. The van der Waals surface area contributed by atoms with Gasteiger partial charge in [0.2, 0.25) is 11.8 Å². The predicted octanol–water partition coefficient (Wildman–Crippen LogP) is 3.63. The molecule has 0 aliphatic heterocycles. The Balaban J connectivity index is 2.75. The first-order valence-electron chi connectivity index (χ1n) is 8.15. The summed E-state index contributed by atoms with van der Waals surface area (Å²) in [5.74, 6) is -0.405. The third-order valence-corrected chi connectivity index (χ3v) is 4.14. The molecule has 0 radical (unpaired) electrons. The molecule has 0 unspecified atom stereocenters. The molecule has 128 valence electrons. The van der Waals surface area contributed by atoms with Gasteiger partial charge in [-0.15, -0.1) is 0 Å². The molecule has 1 rings (SSSR count). The van der Waals surface area contributed by atoms with Crippen molar-refractivity contribution in [3.63, 3.8) is 0 Å². The van der Waals surface area contributed by atoms with Gasteiger partial charge in [0.15, 0.2) is 0 Å². The molecule has 0 fully saturated rings. The van der Waals surface area contributed by atoms with Crippen molar-refractivity contribution in [1.82, 2.24) is 10.2 Å². The van der Waals surface area contributed by atoms with Crippen molar-refractivity contribution in [3.8, 4) is 0 Å². The lowest BCUT2D eigenvalue weighted by Crippen LogP contribution is -2.49. The summed E-state index contributed by atoms with van der Waals surface area (Å²) in [4.78, 5) is 27.0. The monoisotopic (exact) mass is 338 g/mol. The van der Waals surface area contributed by atoms with E-state index >= 15 is 0 Å². The van der Waals surface area contributed by atoms with Crippen LogP contribution in [0.4, 0.5) is 0 Å². The van der Waals surface area contributed by atoms with Gasteiger partial charge in [-0.2, -0.15) is 0 Å². The first-order valence-corrected chi connectivity index (χ1v) is 8.53. The summed E-state index contributed by atoms with van der Waals surface area (Å²) < 4.78 is 0. The molecule has 2 amide bonds. The fourth-order valence-corrected chi connectivity index (χ4v) is 2.59. The summed E-state index contributed by atoms with van der Waals surface area (Å²) in [5, 5.41) is 3.44. The van der Waals surface area contributed by atoms with Gasteiger partial charge in [-0.05, 0) is 38.3 Å². The van der Waals surface area contributed by atoms with E-state index in [1.807, 2.05) is 32.0 Å². The van der Waals surface area contributed by atoms with Crippen molar-refractivity contribution in [2.75, 3.05) is 13.1 Å². The van der Waals surface area contributed by atoms with Crippen LogP contribution in [-0.2, 0) is 16.1 Å². The van der Waals surface area contributed by atoms with Gasteiger partial charge in [0.25, 0.3) is 0 Å². The van der Waals surface area contributed by atoms with Crippen molar-refractivity contribution in [1.29, 1.82) is 0 Å². The molecule has 0 aliphatic carbocycles. The van der Waals surface area contributed by atoms with E-state index in [0.29, 0.717) is 24.7 Å². The van der Waals surface area contributed by atoms with Gasteiger partial charge < -0.3 is 10.2 Å². The van der Waals surface area contributed by atoms with Crippen molar-refractivity contribution >= 4 is 23.4 Å². The van der Waals surface area contributed by atoms with Crippen LogP contribution in [0.5, 0.6) is 0 Å². The number of amides is 2. The van der Waals surface area contributed by atoms with Gasteiger partial charge in [0, 0.05) is 24.7 Å². The quantitative estimate of drug-likeness (QED) is 0.736. The number of benzene rings is 1. The smallest absolute Gasteiger partial charge is 0.237 e. The minimum atomic E-state index is -1.09. The van der Waals surface area contributed by atoms with E-state index in [4.69, 9.17) is 11.6 Å². The third-order valence-electron chi connectivity index (χ3n) is 3.77. The van der Waals surface area contributed by atoms with Crippen LogP contribution in [0.25, 0.3) is 0 Å². The van der Waals surface area contributed by atoms with Crippen LogP contribution in [-0.4, -0.2) is 29.8 Å². The van der Waals surface area contributed by atoms with Gasteiger partial charge in [0.05, 0.1) is 0 Å². The number of halogens is 1. The van der Waals surface area contributed by atoms with E-state index in [1.54, 1.807) is 24.8 Å². The number of nitrogens with zero attached hydrogens (tertiary/aromatic N) is 1. The van der Waals surface area contributed by atoms with Crippen LogP contribution >= 0.6 is 11.6 Å². The number of rotatable bonds is 8. The Morgan fingerprint density at radius 3 is 2.22 bits per heavy atom. The van der Waals surface area contributed by atoms with Crippen molar-refractivity contribution in [2.24, 2.45) is 5.41 Å². The van der Waals surface area contributed by atoms with Crippen LogP contribution in [0, 0.1) is 5.41 Å². The number of hydrogen-bond donors (Lipinski definition) is 1. The number of hydrogen-bond acceptors (Lipinski definition) is 2. The van der Waals surface area contributed by atoms with E-state index in [0.717, 1.165) is 18.4 Å². The maximum absolute atomic E-state index is 12.7. The maximum Gasteiger partial charge on any atom is 0.237 e. The summed E-state index contributed by atoms with van der Waals surface area (Å²) in [5.41, 5.74) is -0.254. The molecule has 1 aromatic carbocycles. The molecule has 0 aliphatic rings. The van der Waals surface area contributed by atoms with Gasteiger partial charge >= 0.3 is 0 Å². The normalized spacial score (nSPS) is 11.2. The van der Waals surface area contributed by atoms with Crippen molar-refractivity contribution in [3.05, 3.63) is 34.9 Å². The van der Waals surface area contributed by atoms with Gasteiger partial charge in [0.1, 0.15) is 5.41 Å². The predicted molar refractivity (Wildman–Crippen MR) is 94.2 cm³/mol. The highest BCUT2D eigenvalue weighted by atomic mass is 35.5. The zero-order valence-electron chi connectivity index (χ0n) is 14.5. The highest BCUT2D eigenvalue weighted by molar-refractivity contribution is 6.31. The Bertz CT molecular complexity index is 538. The minimum Gasteiger partial charge on any atom is -0.351 e. The molecule has 1 N–H and O–H groups in total. The van der Waals surface area contributed by atoms with Gasteiger partial charge in [-0.25, -0.2) is 0 Å². The average Bonchev–Trinajstić information content (AvgIpc) is 2.52. The standard InChI is InChI=1S/C18H27ClN2O2/c1-5-11-21(12-6-2)17(23)18(3,4)16(22)20-13-14-9-7-8-10-15(14)19/h7-10H,5-6,11-13H2,1-4H3,(H,20,22). The topological polar surface area (TPSA) is 49.4 Å². The summed E-state index contributed by atoms with van der Waals surface area (Å²) in [6, 6.07) is 7.35. The highest BCUT2D eigenvalue weighted by Gasteiger charge is 2.38. The molecular weight excluding hydrogens is 312 g/mol. The molecule has 0 saturated heterocycles. The van der Waals surface area contributed by atoms with Crippen LogP contribution in [0.2, 0.25) is 5.02 Å². The number of nitrogens with one attached hydrogen (secondary N) is 1. The zero-order chi connectivity index (χ0) is 17.5. The first-order chi connectivity index (χ1) is 10.8. The molecule has 0 bridgehead atoms. The van der Waals surface area contributed by atoms with Crippen LogP contribution < -0.4 is 5.32 Å². The fraction of sp³-hybridized carbons (Fsp3) is 0.556. The second kappa shape index (κ2) is 8.92. The summed E-state index contributed by atoms with van der Waals surface area (Å²) in [6.45, 7) is 9.07. The van der Waals surface area contributed by atoms with Crippen molar-refractivity contribution < 1.29 is 9.59 Å². The summed E-state index contributed by atoms with van der Waals surface area (Å²) in [7, 11) is 0. The van der Waals surface area contributed by atoms with Crippen LogP contribution in [0.15, 0.2) is 24.3 Å². The lowest BCUT2D eigenvalue weighted by molar-refractivity contribution is -0.148. The highest BCUT2D eigenvalue weighted by Crippen LogP contribution is 2.21. The Kier molecular flexibility index (Phi) is 7.56. The maximum atomic E-state index is 12.7. The average molecular weight is 339 g/mol. The Morgan fingerprint density at radius 2 is 1.70 bits per heavy atom. The summed E-state index contributed by atoms with van der Waals surface area (Å²) in [6.07, 6.45) is 1.76. The SMILES string of the molecule is CCCN(CCC)C(=O)C(C)(C)C(=O)NCc1ccccc1Cl. The van der Waals surface area contributed by atoms with E-state index < -0.39 is 5.41 Å². The first kappa shape index (κ1) is 19.5. The molecule has 0 aromatic heterocycles. The molecule has 4 nitrogen and oxygen atoms in total. The zero-order valence-corrected chi connectivity index (χ0v) is 15.2. The lowest BCUT2D eigenvalue weighted by Gasteiger charge is -2.30. The van der Waals surface area contributed by atoms with Crippen LogP contribution in [0.3, 0.4) is 0 Å². The molecule has 1 aromatic rings. The second-order valence-corrected chi connectivity index (χ2v) is 6.60. The Morgan fingerprint density at radius 1 is 1.13 bits per heavy atom. The van der Waals surface area contributed by atoms with E-state index in [1.165, 1.54) is 0 Å². The van der Waals surface area contributed by atoms with E-state index in [2.05, 4.69) is 5.32 Å². The molecule has 0 heterocycles. The minimum absolute atomic E-state index is 0.127. The Hall–Kier alpha value is -1.55. The third kappa shape index (κ3) is 5.24. The molecule has 5 heteroatoms. The van der Waals surface area contributed by atoms with E-state index in [-0.39, 0.29) is 11.8 Å². The second-order valence-electron chi connectivity index (χ2n) is 6.19. The van der Waals surface area contributed by atoms with Crippen molar-refractivity contribution in [2.45, 2.75) is 47.1 Å². The van der Waals surface area contributed by atoms with Gasteiger partial charge in [-0.1, -0.05) is 43.6 Å². The van der Waals surface area contributed by atoms with Crippen LogP contribution in [0.1, 0.15) is 46.1 Å². The molecular formula is C18H27ClN2O2. The lowest BCUT2D eigenvalue weighted by atomic mass is 9.90. The largest absolute Gasteiger partial charge is 0.351 e. The number of carbonyl (C=O) groups excluding carboxylic acids is 2.